The Balaban J connectivity index is 1.72. The van der Waals surface area contributed by atoms with Gasteiger partial charge < -0.3 is 10.0 Å². The van der Waals surface area contributed by atoms with E-state index >= 15 is 0 Å². The molecule has 0 amide bonds. The minimum Gasteiger partial charge on any atom is -0.393 e. The van der Waals surface area contributed by atoms with E-state index in [0.717, 1.165) is 5.56 Å². The Morgan fingerprint density at radius 1 is 1.12 bits per heavy atom. The predicted molar refractivity (Wildman–Crippen MR) is 127 cm³/mol. The summed E-state index contributed by atoms with van der Waals surface area (Å²) in [4.78, 5) is 20.3. The number of rotatable bonds is 3. The highest BCUT2D eigenvalue weighted by Crippen LogP contribution is 2.25. The second kappa shape index (κ2) is 8.07. The summed E-state index contributed by atoms with van der Waals surface area (Å²) in [5.41, 5.74) is 1.88. The number of piperidine rings is 1. The van der Waals surface area contributed by atoms with Gasteiger partial charge in [-0.3, -0.25) is 4.57 Å². The first-order chi connectivity index (χ1) is 15.7. The normalized spacial score (nSPS) is 15.6. The molecule has 0 saturated carbocycles. The maximum atomic E-state index is 13.6. The van der Waals surface area contributed by atoms with Crippen LogP contribution >= 0.6 is 11.6 Å². The molecule has 172 valence electrons. The molecule has 1 saturated heterocycles. The van der Waals surface area contributed by atoms with Crippen molar-refractivity contribution in [2.45, 2.75) is 51.7 Å². The summed E-state index contributed by atoms with van der Waals surface area (Å²) in [5, 5.41) is 24.0. The third kappa shape index (κ3) is 4.06. The van der Waals surface area contributed by atoms with Crippen molar-refractivity contribution in [1.29, 1.82) is 0 Å². The van der Waals surface area contributed by atoms with Gasteiger partial charge in [0.1, 0.15) is 0 Å². The second-order valence-corrected chi connectivity index (χ2v) is 10.0. The third-order valence-electron chi connectivity index (χ3n) is 6.00. The average Bonchev–Trinajstić information content (AvgIpc) is 3.25. The van der Waals surface area contributed by atoms with Crippen LogP contribution in [0.1, 0.15) is 45.0 Å². The van der Waals surface area contributed by atoms with Crippen molar-refractivity contribution in [2.75, 3.05) is 18.0 Å². The number of aromatic nitrogens is 6. The fraction of sp³-hybridized carbons (Fsp3) is 0.435. The van der Waals surface area contributed by atoms with Crippen LogP contribution in [-0.2, 0) is 12.0 Å². The summed E-state index contributed by atoms with van der Waals surface area (Å²) in [6.07, 6.45) is 1.06. The Morgan fingerprint density at radius 3 is 2.48 bits per heavy atom. The number of aliphatic hydroxyl groups excluding tert-OH is 1. The third-order valence-corrected chi connectivity index (χ3v) is 6.25. The van der Waals surface area contributed by atoms with E-state index in [1.807, 2.05) is 39.0 Å². The van der Waals surface area contributed by atoms with Crippen molar-refractivity contribution in [1.82, 2.24) is 29.4 Å². The van der Waals surface area contributed by atoms with Gasteiger partial charge in [-0.15, -0.1) is 15.3 Å². The largest absolute Gasteiger partial charge is 0.393 e. The summed E-state index contributed by atoms with van der Waals surface area (Å²) in [6, 6.07) is 9.30. The quantitative estimate of drug-likeness (QED) is 0.494. The summed E-state index contributed by atoms with van der Waals surface area (Å²) in [7, 11) is 0. The highest BCUT2D eigenvalue weighted by molar-refractivity contribution is 6.30. The van der Waals surface area contributed by atoms with Gasteiger partial charge in [0.05, 0.1) is 18.2 Å². The van der Waals surface area contributed by atoms with Crippen molar-refractivity contribution in [3.8, 4) is 0 Å². The molecule has 5 rings (SSSR count). The number of fused-ring (bicyclic) bond motifs is 3. The van der Waals surface area contributed by atoms with E-state index in [1.54, 1.807) is 16.7 Å². The first-order valence-corrected chi connectivity index (χ1v) is 11.4. The van der Waals surface area contributed by atoms with Gasteiger partial charge in [0.25, 0.3) is 0 Å². The first kappa shape index (κ1) is 21.8. The van der Waals surface area contributed by atoms with Gasteiger partial charge in [-0.2, -0.15) is 4.52 Å². The van der Waals surface area contributed by atoms with E-state index in [2.05, 4.69) is 25.2 Å². The lowest BCUT2D eigenvalue weighted by Gasteiger charge is -2.30. The number of nitrogens with zero attached hydrogens (tertiary/aromatic N) is 7. The summed E-state index contributed by atoms with van der Waals surface area (Å²) < 4.78 is 2.98. The number of benzene rings is 1. The van der Waals surface area contributed by atoms with Gasteiger partial charge in [-0.05, 0) is 30.5 Å². The molecule has 3 aromatic heterocycles. The Kier molecular flexibility index (Phi) is 5.33. The zero-order valence-corrected chi connectivity index (χ0v) is 19.6. The van der Waals surface area contributed by atoms with E-state index in [0.29, 0.717) is 65.8 Å². The van der Waals surface area contributed by atoms with Crippen LogP contribution in [0, 0.1) is 0 Å². The van der Waals surface area contributed by atoms with Gasteiger partial charge in [0, 0.05) is 29.6 Å². The average molecular weight is 468 g/mol. The lowest BCUT2D eigenvalue weighted by atomic mass is 9.96. The number of aliphatic hydroxyl groups is 1. The molecule has 1 aromatic carbocycles. The number of halogens is 1. The fourth-order valence-electron chi connectivity index (χ4n) is 4.05. The van der Waals surface area contributed by atoms with E-state index in [4.69, 9.17) is 11.6 Å². The zero-order valence-electron chi connectivity index (χ0n) is 18.9. The molecule has 4 heterocycles. The van der Waals surface area contributed by atoms with Crippen LogP contribution in [0.4, 0.5) is 5.82 Å². The molecule has 1 aliphatic rings. The molecule has 0 unspecified atom stereocenters. The molecule has 0 atom stereocenters. The molecule has 0 spiro atoms. The van der Waals surface area contributed by atoms with Crippen LogP contribution in [0.2, 0.25) is 5.02 Å². The molecule has 9 nitrogen and oxygen atoms in total. The van der Waals surface area contributed by atoms with Crippen LogP contribution in [0.3, 0.4) is 0 Å². The molecular weight excluding hydrogens is 442 g/mol. The molecule has 33 heavy (non-hydrogen) atoms. The number of hydrogen-bond donors (Lipinski definition) is 1. The van der Waals surface area contributed by atoms with Crippen molar-refractivity contribution >= 4 is 34.1 Å². The van der Waals surface area contributed by atoms with Crippen LogP contribution in [0.25, 0.3) is 16.7 Å². The first-order valence-electron chi connectivity index (χ1n) is 11.1. The molecule has 10 heteroatoms. The van der Waals surface area contributed by atoms with Crippen LogP contribution < -0.4 is 10.6 Å². The Morgan fingerprint density at radius 2 is 1.82 bits per heavy atom. The molecule has 1 aliphatic heterocycles. The summed E-state index contributed by atoms with van der Waals surface area (Å²) in [5.74, 6) is 1.25. The fourth-order valence-corrected chi connectivity index (χ4v) is 4.17. The van der Waals surface area contributed by atoms with Gasteiger partial charge in [0.15, 0.2) is 22.8 Å². The zero-order chi connectivity index (χ0) is 23.3. The Hall–Kier alpha value is -3.04. The number of anilines is 1. The standard InChI is InChI=1S/C23H26ClN7O2/c1-23(2,3)21-25-20-19-17(12-18(26-27-19)29-10-8-16(32)9-11-29)30(22(33)31(20)28-21)13-14-4-6-15(24)7-5-14/h4-7,12,16,32H,8-11,13H2,1-3H3. The molecule has 1 N–H and O–H groups in total. The van der Waals surface area contributed by atoms with E-state index in [-0.39, 0.29) is 17.2 Å². The van der Waals surface area contributed by atoms with Gasteiger partial charge in [0.2, 0.25) is 0 Å². The Labute approximate surface area is 195 Å². The highest BCUT2D eigenvalue weighted by Gasteiger charge is 2.25. The molecule has 0 bridgehead atoms. The minimum atomic E-state index is -0.326. The van der Waals surface area contributed by atoms with Crippen molar-refractivity contribution < 1.29 is 5.11 Å². The van der Waals surface area contributed by atoms with Crippen molar-refractivity contribution in [3.63, 3.8) is 0 Å². The van der Waals surface area contributed by atoms with Crippen LogP contribution in [-0.4, -0.2) is 53.7 Å². The molecule has 0 aliphatic carbocycles. The number of hydrogen-bond acceptors (Lipinski definition) is 7. The molecule has 1 fully saturated rings. The maximum Gasteiger partial charge on any atom is 0.351 e. The summed E-state index contributed by atoms with van der Waals surface area (Å²) >= 11 is 6.05. The van der Waals surface area contributed by atoms with E-state index < -0.39 is 0 Å². The van der Waals surface area contributed by atoms with Crippen LogP contribution in [0.5, 0.6) is 0 Å². The lowest BCUT2D eigenvalue weighted by molar-refractivity contribution is 0.145. The molecule has 0 radical (unpaired) electrons. The van der Waals surface area contributed by atoms with E-state index in [9.17, 15) is 9.90 Å². The molecular formula is C23H26ClN7O2. The lowest BCUT2D eigenvalue weighted by Crippen LogP contribution is -2.36. The predicted octanol–water partition coefficient (Wildman–Crippen LogP) is 2.79. The van der Waals surface area contributed by atoms with Crippen LogP contribution in [0.15, 0.2) is 35.1 Å². The van der Waals surface area contributed by atoms with Crippen molar-refractivity contribution in [2.24, 2.45) is 0 Å². The highest BCUT2D eigenvalue weighted by atomic mass is 35.5. The SMILES string of the molecule is CC(C)(C)c1nc2c3nnc(N4CCC(O)CC4)cc3n(Cc3ccc(Cl)cc3)c(=O)n2n1. The smallest absolute Gasteiger partial charge is 0.351 e. The van der Waals surface area contributed by atoms with Crippen molar-refractivity contribution in [3.05, 3.63) is 57.2 Å². The summed E-state index contributed by atoms with van der Waals surface area (Å²) in [6.45, 7) is 7.71. The minimum absolute atomic E-state index is 0.288. The molecule has 4 aromatic rings. The maximum absolute atomic E-state index is 13.6. The van der Waals surface area contributed by atoms with Gasteiger partial charge in [-0.1, -0.05) is 44.5 Å². The van der Waals surface area contributed by atoms with Gasteiger partial charge in [-0.25, -0.2) is 9.78 Å². The monoisotopic (exact) mass is 467 g/mol. The van der Waals surface area contributed by atoms with E-state index in [1.165, 1.54) is 4.52 Å². The second-order valence-electron chi connectivity index (χ2n) is 9.57. The Bertz CT molecular complexity index is 1380. The topological polar surface area (TPSA) is 101 Å². The van der Waals surface area contributed by atoms with Gasteiger partial charge >= 0.3 is 5.69 Å².